The molecule has 0 saturated carbocycles. The van der Waals surface area contributed by atoms with Gasteiger partial charge >= 0.3 is 0 Å². The minimum Gasteiger partial charge on any atom is -0.394 e. The summed E-state index contributed by atoms with van der Waals surface area (Å²) in [6, 6.07) is -0.706. The minimum atomic E-state index is -1.07. The van der Waals surface area contributed by atoms with Crippen LogP contribution >= 0.6 is 0 Å². The SMILES string of the molecule is CCCCCCCCCCCCCCCCCCCCCCCCCCCCCCCCCCCCC(O)C(=O)NC(CO)C(O)CCCCCCCCCCCCCCCC. The maximum Gasteiger partial charge on any atom is 0.249 e. The summed E-state index contributed by atoms with van der Waals surface area (Å²) in [4.78, 5) is 12.5. The van der Waals surface area contributed by atoms with Gasteiger partial charge in [-0.3, -0.25) is 4.79 Å². The van der Waals surface area contributed by atoms with E-state index in [1.54, 1.807) is 0 Å². The van der Waals surface area contributed by atoms with E-state index in [0.29, 0.717) is 12.8 Å². The molecule has 1 amide bonds. The zero-order valence-corrected chi connectivity index (χ0v) is 42.5. The van der Waals surface area contributed by atoms with Crippen LogP contribution in [0, 0.1) is 0 Å². The predicted molar refractivity (Wildman–Crippen MR) is 273 cm³/mol. The average Bonchev–Trinajstić information content (AvgIpc) is 3.28. The molecular weight excluding hydrogens is 763 g/mol. The Kier molecular flexibility index (Phi) is 52.4. The monoisotopic (exact) mass is 878 g/mol. The van der Waals surface area contributed by atoms with Crippen LogP contribution in [-0.2, 0) is 4.79 Å². The fourth-order valence-electron chi connectivity index (χ4n) is 9.49. The van der Waals surface area contributed by atoms with Crippen LogP contribution in [-0.4, -0.2) is 46.1 Å². The summed E-state index contributed by atoms with van der Waals surface area (Å²) in [6.07, 6.45) is 64.6. The predicted octanol–water partition coefficient (Wildman–Crippen LogP) is 17.7. The number of nitrogens with one attached hydrogen (secondary N) is 1. The quantitative estimate of drug-likeness (QED) is 0.0458. The van der Waals surface area contributed by atoms with Gasteiger partial charge in [-0.1, -0.05) is 322 Å². The summed E-state index contributed by atoms with van der Waals surface area (Å²) >= 11 is 0. The number of aliphatic hydroxyl groups is 3. The second-order valence-electron chi connectivity index (χ2n) is 20.2. The van der Waals surface area contributed by atoms with E-state index < -0.39 is 24.2 Å². The molecule has 3 unspecified atom stereocenters. The van der Waals surface area contributed by atoms with Crippen molar-refractivity contribution in [2.45, 2.75) is 353 Å². The summed E-state index contributed by atoms with van der Waals surface area (Å²) in [5, 5.41) is 33.5. The van der Waals surface area contributed by atoms with Crippen LogP contribution in [0.1, 0.15) is 335 Å². The Hall–Kier alpha value is -0.650. The van der Waals surface area contributed by atoms with Crippen molar-refractivity contribution in [1.82, 2.24) is 5.32 Å². The average molecular weight is 879 g/mol. The number of carbonyl (C=O) groups is 1. The van der Waals surface area contributed by atoms with Gasteiger partial charge in [0.1, 0.15) is 6.10 Å². The molecule has 0 radical (unpaired) electrons. The number of rotatable bonds is 54. The molecular formula is C57H115NO4. The van der Waals surface area contributed by atoms with E-state index >= 15 is 0 Å². The molecule has 62 heavy (non-hydrogen) atoms. The molecule has 0 aliphatic heterocycles. The molecule has 0 bridgehead atoms. The zero-order chi connectivity index (χ0) is 45.1. The summed E-state index contributed by atoms with van der Waals surface area (Å²) in [6.45, 7) is 4.27. The lowest BCUT2D eigenvalue weighted by atomic mass is 10.0. The molecule has 372 valence electrons. The third-order valence-corrected chi connectivity index (χ3v) is 14.0. The first-order chi connectivity index (χ1) is 30.6. The fourth-order valence-corrected chi connectivity index (χ4v) is 9.49. The number of carbonyl (C=O) groups excluding carboxylic acids is 1. The Balaban J connectivity index is 3.41. The molecule has 0 spiro atoms. The Morgan fingerprint density at radius 3 is 0.726 bits per heavy atom. The number of hydrogen-bond donors (Lipinski definition) is 4. The van der Waals surface area contributed by atoms with Crippen LogP contribution in [0.2, 0.25) is 0 Å². The van der Waals surface area contributed by atoms with Gasteiger partial charge in [0.05, 0.1) is 18.8 Å². The highest BCUT2D eigenvalue weighted by Gasteiger charge is 2.23. The van der Waals surface area contributed by atoms with Crippen molar-refractivity contribution in [1.29, 1.82) is 0 Å². The second kappa shape index (κ2) is 53.0. The third kappa shape index (κ3) is 47.3. The van der Waals surface area contributed by atoms with E-state index in [9.17, 15) is 20.1 Å². The van der Waals surface area contributed by atoms with Crippen LogP contribution < -0.4 is 5.32 Å². The topological polar surface area (TPSA) is 89.8 Å². The Labute approximate surface area is 389 Å². The molecule has 0 fully saturated rings. The first kappa shape index (κ1) is 61.4. The number of amides is 1. The lowest BCUT2D eigenvalue weighted by molar-refractivity contribution is -0.131. The van der Waals surface area contributed by atoms with E-state index in [1.165, 1.54) is 276 Å². The van der Waals surface area contributed by atoms with Crippen molar-refractivity contribution in [2.24, 2.45) is 0 Å². The van der Waals surface area contributed by atoms with Crippen molar-refractivity contribution < 1.29 is 20.1 Å². The maximum atomic E-state index is 12.5. The first-order valence-electron chi connectivity index (χ1n) is 28.8. The Morgan fingerprint density at radius 2 is 0.516 bits per heavy atom. The largest absolute Gasteiger partial charge is 0.394 e. The van der Waals surface area contributed by atoms with Crippen molar-refractivity contribution in [2.75, 3.05) is 6.61 Å². The maximum absolute atomic E-state index is 12.5. The van der Waals surface area contributed by atoms with Gasteiger partial charge in [0.2, 0.25) is 5.91 Å². The Bertz CT molecular complexity index is 838. The molecule has 0 aliphatic carbocycles. The van der Waals surface area contributed by atoms with Gasteiger partial charge in [-0.25, -0.2) is 0 Å². The lowest BCUT2D eigenvalue weighted by Gasteiger charge is -2.23. The molecule has 3 atom stereocenters. The highest BCUT2D eigenvalue weighted by molar-refractivity contribution is 5.80. The molecule has 0 aromatic carbocycles. The molecule has 5 heteroatoms. The van der Waals surface area contributed by atoms with E-state index in [1.807, 2.05) is 0 Å². The molecule has 0 aromatic heterocycles. The molecule has 0 rings (SSSR count). The van der Waals surface area contributed by atoms with Gasteiger partial charge in [0.15, 0.2) is 0 Å². The van der Waals surface area contributed by atoms with Crippen molar-refractivity contribution in [3.05, 3.63) is 0 Å². The highest BCUT2D eigenvalue weighted by Crippen LogP contribution is 2.19. The van der Waals surface area contributed by atoms with E-state index in [-0.39, 0.29) is 6.61 Å². The van der Waals surface area contributed by atoms with Crippen LogP contribution in [0.5, 0.6) is 0 Å². The van der Waals surface area contributed by atoms with E-state index in [0.717, 1.165) is 32.1 Å². The van der Waals surface area contributed by atoms with Gasteiger partial charge in [-0.05, 0) is 12.8 Å². The van der Waals surface area contributed by atoms with Crippen molar-refractivity contribution in [3.63, 3.8) is 0 Å². The van der Waals surface area contributed by atoms with Crippen LogP contribution in [0.4, 0.5) is 0 Å². The molecule has 0 aromatic rings. The zero-order valence-electron chi connectivity index (χ0n) is 42.5. The molecule has 0 aliphatic rings. The van der Waals surface area contributed by atoms with Crippen LogP contribution in [0.25, 0.3) is 0 Å². The van der Waals surface area contributed by atoms with Gasteiger partial charge in [0, 0.05) is 0 Å². The normalized spacial score (nSPS) is 13.2. The van der Waals surface area contributed by atoms with E-state index in [4.69, 9.17) is 0 Å². The summed E-state index contributed by atoms with van der Waals surface area (Å²) in [5.41, 5.74) is 0. The molecule has 0 saturated heterocycles. The minimum absolute atomic E-state index is 0.308. The second-order valence-corrected chi connectivity index (χ2v) is 20.2. The van der Waals surface area contributed by atoms with Gasteiger partial charge in [-0.15, -0.1) is 0 Å². The van der Waals surface area contributed by atoms with Crippen molar-refractivity contribution in [3.8, 4) is 0 Å². The lowest BCUT2D eigenvalue weighted by Crippen LogP contribution is -2.49. The molecule has 5 nitrogen and oxygen atoms in total. The fraction of sp³-hybridized carbons (Fsp3) is 0.982. The molecule has 0 heterocycles. The Morgan fingerprint density at radius 1 is 0.323 bits per heavy atom. The van der Waals surface area contributed by atoms with Gasteiger partial charge in [0.25, 0.3) is 0 Å². The summed E-state index contributed by atoms with van der Waals surface area (Å²) < 4.78 is 0. The third-order valence-electron chi connectivity index (χ3n) is 14.0. The number of unbranched alkanes of at least 4 members (excludes halogenated alkanes) is 46. The van der Waals surface area contributed by atoms with Crippen LogP contribution in [0.3, 0.4) is 0 Å². The van der Waals surface area contributed by atoms with Crippen molar-refractivity contribution >= 4 is 5.91 Å². The molecule has 4 N–H and O–H groups in total. The summed E-state index contributed by atoms with van der Waals surface area (Å²) in [5.74, 6) is -0.463. The van der Waals surface area contributed by atoms with Gasteiger partial charge < -0.3 is 20.6 Å². The van der Waals surface area contributed by atoms with Gasteiger partial charge in [-0.2, -0.15) is 0 Å². The standard InChI is InChI=1S/C57H115NO4/c1-3-5-7-9-11-13-15-17-19-20-21-22-23-24-25-26-27-28-29-30-31-32-33-34-35-36-37-38-40-42-44-46-48-50-52-56(61)57(62)58-54(53-59)55(60)51-49-47-45-43-41-39-18-16-14-12-10-8-6-4-2/h54-56,59-61H,3-53H2,1-2H3,(H,58,62). The first-order valence-corrected chi connectivity index (χ1v) is 28.8. The van der Waals surface area contributed by atoms with Crippen LogP contribution in [0.15, 0.2) is 0 Å². The number of hydrogen-bond acceptors (Lipinski definition) is 4. The summed E-state index contributed by atoms with van der Waals surface area (Å²) in [7, 11) is 0. The van der Waals surface area contributed by atoms with E-state index in [2.05, 4.69) is 19.2 Å². The highest BCUT2D eigenvalue weighted by atomic mass is 16.3. The number of aliphatic hydroxyl groups excluding tert-OH is 3. The smallest absolute Gasteiger partial charge is 0.249 e.